The van der Waals surface area contributed by atoms with E-state index in [1.54, 1.807) is 0 Å². The summed E-state index contributed by atoms with van der Waals surface area (Å²) in [7, 11) is 2.20. The zero-order chi connectivity index (χ0) is 22.8. The fraction of sp³-hybridized carbons (Fsp3) is 0.267. The quantitative estimate of drug-likeness (QED) is 0.278. The molecular formula is C30H37N. The second-order valence-corrected chi connectivity index (χ2v) is 8.03. The van der Waals surface area contributed by atoms with Crippen molar-refractivity contribution in [3.63, 3.8) is 0 Å². The van der Waals surface area contributed by atoms with Crippen LogP contribution in [0.5, 0.6) is 0 Å². The first kappa shape index (κ1) is 24.4. The molecule has 0 N–H and O–H groups in total. The van der Waals surface area contributed by atoms with Crippen LogP contribution in [0.15, 0.2) is 97.6 Å². The van der Waals surface area contributed by atoms with E-state index in [1.165, 1.54) is 38.6 Å². The Hall–Kier alpha value is -2.90. The van der Waals surface area contributed by atoms with Gasteiger partial charge in [-0.3, -0.25) is 4.90 Å². The van der Waals surface area contributed by atoms with E-state index in [0.29, 0.717) is 6.04 Å². The molecule has 162 valence electrons. The first-order valence-electron chi connectivity index (χ1n) is 11.1. The lowest BCUT2D eigenvalue weighted by molar-refractivity contribution is 0.253. The summed E-state index contributed by atoms with van der Waals surface area (Å²) in [6, 6.07) is 24.2. The molecule has 0 aromatic heterocycles. The van der Waals surface area contributed by atoms with Crippen LogP contribution in [-0.2, 0) is 6.54 Å². The maximum Gasteiger partial charge on any atom is 0.0320 e. The zero-order valence-electron chi connectivity index (χ0n) is 19.9. The monoisotopic (exact) mass is 411 g/mol. The van der Waals surface area contributed by atoms with Crippen molar-refractivity contribution in [1.29, 1.82) is 0 Å². The van der Waals surface area contributed by atoms with Crippen LogP contribution >= 0.6 is 0 Å². The fourth-order valence-corrected chi connectivity index (χ4v) is 3.63. The van der Waals surface area contributed by atoms with Crippen LogP contribution in [0.2, 0.25) is 0 Å². The molecule has 0 aliphatic carbocycles. The second-order valence-electron chi connectivity index (χ2n) is 8.03. The molecule has 0 fully saturated rings. The van der Waals surface area contributed by atoms with Gasteiger partial charge in [0.1, 0.15) is 0 Å². The van der Waals surface area contributed by atoms with E-state index in [9.17, 15) is 0 Å². The van der Waals surface area contributed by atoms with Gasteiger partial charge in [0, 0.05) is 12.6 Å². The third kappa shape index (κ3) is 6.29. The molecule has 0 aliphatic heterocycles. The van der Waals surface area contributed by atoms with E-state index in [0.717, 1.165) is 13.0 Å². The molecule has 31 heavy (non-hydrogen) atoms. The largest absolute Gasteiger partial charge is 0.295 e. The Kier molecular flexibility index (Phi) is 9.49. The highest BCUT2D eigenvalue weighted by Gasteiger charge is 2.16. The number of benzene rings is 3. The van der Waals surface area contributed by atoms with E-state index in [1.807, 2.05) is 12.2 Å². The van der Waals surface area contributed by atoms with Crippen LogP contribution in [-0.4, -0.2) is 11.9 Å². The molecule has 0 saturated heterocycles. The van der Waals surface area contributed by atoms with Crippen molar-refractivity contribution < 1.29 is 0 Å². The lowest BCUT2D eigenvalue weighted by Gasteiger charge is -2.27. The predicted octanol–water partition coefficient (Wildman–Crippen LogP) is 8.59. The number of allylic oxidation sites excluding steroid dienone is 4. The van der Waals surface area contributed by atoms with Gasteiger partial charge in [0.25, 0.3) is 0 Å². The maximum absolute atomic E-state index is 3.98. The van der Waals surface area contributed by atoms with Gasteiger partial charge in [-0.25, -0.2) is 0 Å². The summed E-state index contributed by atoms with van der Waals surface area (Å²) in [6.07, 6.45) is 4.91. The zero-order valence-corrected chi connectivity index (χ0v) is 19.9. The van der Waals surface area contributed by atoms with Crippen molar-refractivity contribution in [2.24, 2.45) is 0 Å². The molecule has 0 radical (unpaired) electrons. The van der Waals surface area contributed by atoms with E-state index in [2.05, 4.69) is 120 Å². The first-order valence-corrected chi connectivity index (χ1v) is 11.1. The predicted molar refractivity (Wildman–Crippen MR) is 139 cm³/mol. The average Bonchev–Trinajstić information content (AvgIpc) is 2.83. The van der Waals surface area contributed by atoms with Gasteiger partial charge in [0.15, 0.2) is 0 Å². The number of hydrogen-bond acceptors (Lipinski definition) is 1. The Labute approximate surface area is 189 Å². The van der Waals surface area contributed by atoms with Crippen molar-refractivity contribution >= 4 is 16.3 Å². The van der Waals surface area contributed by atoms with Crippen molar-refractivity contribution in [3.8, 4) is 0 Å². The Morgan fingerprint density at radius 2 is 1.55 bits per heavy atom. The molecule has 0 amide bonds. The molecule has 0 aliphatic rings. The summed E-state index contributed by atoms with van der Waals surface area (Å²) < 4.78 is 0. The number of hydrogen-bond donors (Lipinski definition) is 0. The molecule has 0 bridgehead atoms. The van der Waals surface area contributed by atoms with Crippen LogP contribution in [0, 0.1) is 0 Å². The highest BCUT2D eigenvalue weighted by molar-refractivity contribution is 5.95. The molecule has 1 unspecified atom stereocenters. The number of nitrogens with zero attached hydrogens (tertiary/aromatic N) is 1. The Morgan fingerprint density at radius 1 is 0.935 bits per heavy atom. The molecular weight excluding hydrogens is 374 g/mol. The summed E-state index contributed by atoms with van der Waals surface area (Å²) >= 11 is 0. The van der Waals surface area contributed by atoms with Gasteiger partial charge in [0.05, 0.1) is 0 Å². The van der Waals surface area contributed by atoms with Gasteiger partial charge in [-0.05, 0) is 72.8 Å². The summed E-state index contributed by atoms with van der Waals surface area (Å²) in [6.45, 7) is 17.0. The van der Waals surface area contributed by atoms with E-state index in [-0.39, 0.29) is 0 Å². The molecule has 3 rings (SSSR count). The van der Waals surface area contributed by atoms with Crippen molar-refractivity contribution in [1.82, 2.24) is 4.90 Å². The third-order valence-corrected chi connectivity index (χ3v) is 5.94. The normalized spacial score (nSPS) is 12.6. The minimum Gasteiger partial charge on any atom is -0.295 e. The van der Waals surface area contributed by atoms with Gasteiger partial charge in [0.2, 0.25) is 0 Å². The molecule has 0 spiro atoms. The Morgan fingerprint density at radius 3 is 2.16 bits per heavy atom. The lowest BCUT2D eigenvalue weighted by atomic mass is 9.91. The van der Waals surface area contributed by atoms with E-state index < -0.39 is 0 Å². The fourth-order valence-electron chi connectivity index (χ4n) is 3.63. The lowest BCUT2D eigenvalue weighted by Crippen LogP contribution is -2.22. The van der Waals surface area contributed by atoms with Crippen molar-refractivity contribution in [2.45, 2.75) is 46.7 Å². The minimum absolute atomic E-state index is 0.357. The average molecular weight is 412 g/mol. The third-order valence-electron chi connectivity index (χ3n) is 5.94. The van der Waals surface area contributed by atoms with Gasteiger partial charge in [-0.1, -0.05) is 92.4 Å². The molecule has 0 saturated carbocycles. The summed E-state index contributed by atoms with van der Waals surface area (Å²) in [5, 5.41) is 2.60. The van der Waals surface area contributed by atoms with Gasteiger partial charge >= 0.3 is 0 Å². The molecule has 3 aromatic carbocycles. The number of fused-ring (bicyclic) bond motifs is 1. The topological polar surface area (TPSA) is 3.24 Å². The van der Waals surface area contributed by atoms with Gasteiger partial charge in [-0.15, -0.1) is 6.58 Å². The maximum atomic E-state index is 3.98. The van der Waals surface area contributed by atoms with E-state index >= 15 is 0 Å². The Bertz CT molecular complexity index is 1030. The minimum atomic E-state index is 0.357. The highest BCUT2D eigenvalue weighted by Crippen LogP contribution is 2.32. The van der Waals surface area contributed by atoms with Crippen LogP contribution in [0.1, 0.15) is 56.8 Å². The smallest absolute Gasteiger partial charge is 0.0320 e. The van der Waals surface area contributed by atoms with E-state index in [4.69, 9.17) is 0 Å². The molecule has 3 aromatic rings. The summed E-state index contributed by atoms with van der Waals surface area (Å²) in [4.78, 5) is 2.42. The first-order chi connectivity index (χ1) is 14.9. The van der Waals surface area contributed by atoms with Crippen molar-refractivity contribution in [3.05, 3.63) is 114 Å². The second kappa shape index (κ2) is 12.1. The summed E-state index contributed by atoms with van der Waals surface area (Å²) in [5.41, 5.74) is 6.58. The molecule has 0 heterocycles. The SMILES string of the molecule is C=C/C(C)=C(\C)c1c(CN(C)C(C)c2ccccc2)ccc2ccccc12.C=CCC. The standard InChI is InChI=1S/C26H29N.C4H8/c1-6-19(2)20(3)26-24(17-16-23-14-10-11-15-25(23)26)18-27(5)21(4)22-12-8-7-9-13-22;1-3-4-2/h6-17,21H,1,18H2,2-5H3;3H,1,4H2,2H3/b20-19+;. The van der Waals surface area contributed by atoms with Gasteiger partial charge in [-0.2, -0.15) is 0 Å². The van der Waals surface area contributed by atoms with Crippen LogP contribution in [0.25, 0.3) is 16.3 Å². The molecule has 1 atom stereocenters. The van der Waals surface area contributed by atoms with Crippen LogP contribution in [0.3, 0.4) is 0 Å². The molecule has 1 heteroatoms. The highest BCUT2D eigenvalue weighted by atomic mass is 15.1. The van der Waals surface area contributed by atoms with Crippen LogP contribution < -0.4 is 0 Å². The summed E-state index contributed by atoms with van der Waals surface area (Å²) in [5.74, 6) is 0. The Balaban J connectivity index is 0.000000785. The molecule has 1 nitrogen and oxygen atoms in total. The van der Waals surface area contributed by atoms with Crippen molar-refractivity contribution in [2.75, 3.05) is 7.05 Å². The van der Waals surface area contributed by atoms with Crippen LogP contribution in [0.4, 0.5) is 0 Å². The number of rotatable bonds is 7. The van der Waals surface area contributed by atoms with Gasteiger partial charge < -0.3 is 0 Å².